The average molecular weight is 351 g/mol. The number of amides is 4. The van der Waals surface area contributed by atoms with Crippen LogP contribution in [0.25, 0.3) is 0 Å². The normalized spacial score (nSPS) is 17.0. The van der Waals surface area contributed by atoms with Crippen LogP contribution in [-0.2, 0) is 19.2 Å². The van der Waals surface area contributed by atoms with Crippen LogP contribution in [0.15, 0.2) is 12.2 Å². The van der Waals surface area contributed by atoms with Crippen LogP contribution < -0.4 is 10.6 Å². The van der Waals surface area contributed by atoms with Gasteiger partial charge < -0.3 is 10.6 Å². The highest BCUT2D eigenvalue weighted by molar-refractivity contribution is 6.13. The number of rotatable bonds is 8. The zero-order valence-corrected chi connectivity index (χ0v) is 15.9. The van der Waals surface area contributed by atoms with Gasteiger partial charge in [-0.3, -0.25) is 24.1 Å². The van der Waals surface area contributed by atoms with Crippen molar-refractivity contribution >= 4 is 23.6 Å². The minimum Gasteiger partial charge on any atom is -0.352 e. The van der Waals surface area contributed by atoms with Gasteiger partial charge in [-0.1, -0.05) is 13.3 Å². The molecular formula is C18H29N3O4. The molecule has 7 nitrogen and oxygen atoms in total. The molecule has 7 heteroatoms. The van der Waals surface area contributed by atoms with E-state index >= 15 is 0 Å². The van der Waals surface area contributed by atoms with E-state index in [0.717, 1.165) is 11.3 Å². The standard InChI is InChI=1S/C18H29N3O4/c1-7-8-13(16(24)19-11(2)3)20-17(25)18(5,6)12(4)21-14(22)9-10-15(21)23/h9-13H,7-8H2,1-6H3,(H,19,24)(H,20,25)/t12?,13-/m0/s1. The van der Waals surface area contributed by atoms with E-state index in [0.29, 0.717) is 6.42 Å². The predicted octanol–water partition coefficient (Wildman–Crippen LogP) is 1.14. The van der Waals surface area contributed by atoms with Gasteiger partial charge in [-0.25, -0.2) is 0 Å². The van der Waals surface area contributed by atoms with E-state index in [9.17, 15) is 19.2 Å². The molecule has 0 radical (unpaired) electrons. The van der Waals surface area contributed by atoms with Gasteiger partial charge in [0.2, 0.25) is 11.8 Å². The van der Waals surface area contributed by atoms with E-state index < -0.39 is 29.3 Å². The molecule has 0 saturated carbocycles. The first-order chi connectivity index (χ1) is 11.5. The van der Waals surface area contributed by atoms with Gasteiger partial charge in [0, 0.05) is 18.2 Å². The second-order valence-electron chi connectivity index (χ2n) is 7.26. The van der Waals surface area contributed by atoms with Gasteiger partial charge in [-0.15, -0.1) is 0 Å². The summed E-state index contributed by atoms with van der Waals surface area (Å²) in [7, 11) is 0. The predicted molar refractivity (Wildman–Crippen MR) is 94.4 cm³/mol. The molecule has 0 aromatic carbocycles. The van der Waals surface area contributed by atoms with Crippen molar-refractivity contribution in [3.63, 3.8) is 0 Å². The van der Waals surface area contributed by atoms with Gasteiger partial charge in [0.05, 0.1) is 11.5 Å². The molecule has 0 spiro atoms. The zero-order valence-electron chi connectivity index (χ0n) is 15.9. The molecule has 0 bridgehead atoms. The summed E-state index contributed by atoms with van der Waals surface area (Å²) >= 11 is 0. The summed E-state index contributed by atoms with van der Waals surface area (Å²) in [5, 5.41) is 5.58. The van der Waals surface area contributed by atoms with Crippen molar-refractivity contribution in [2.75, 3.05) is 0 Å². The molecule has 0 fully saturated rings. The molecular weight excluding hydrogens is 322 g/mol. The lowest BCUT2D eigenvalue weighted by Gasteiger charge is -2.36. The molecule has 0 saturated heterocycles. The highest BCUT2D eigenvalue weighted by Gasteiger charge is 2.43. The highest BCUT2D eigenvalue weighted by atomic mass is 16.2. The van der Waals surface area contributed by atoms with Crippen molar-refractivity contribution < 1.29 is 19.2 Å². The van der Waals surface area contributed by atoms with Crippen molar-refractivity contribution in [3.8, 4) is 0 Å². The minimum atomic E-state index is -1.04. The lowest BCUT2D eigenvalue weighted by molar-refractivity contribution is -0.146. The summed E-state index contributed by atoms with van der Waals surface area (Å²) in [6, 6.07) is -1.31. The molecule has 0 aromatic heterocycles. The number of hydrogen-bond acceptors (Lipinski definition) is 4. The van der Waals surface area contributed by atoms with Crippen LogP contribution in [0.2, 0.25) is 0 Å². The van der Waals surface area contributed by atoms with Crippen LogP contribution in [0.4, 0.5) is 0 Å². The van der Waals surface area contributed by atoms with Crippen molar-refractivity contribution in [2.24, 2.45) is 5.41 Å². The fraction of sp³-hybridized carbons (Fsp3) is 0.667. The SMILES string of the molecule is CCC[C@H](NC(=O)C(C)(C)C(C)N1C(=O)C=CC1=O)C(=O)NC(C)C. The molecule has 140 valence electrons. The fourth-order valence-electron chi connectivity index (χ4n) is 2.59. The molecule has 4 amide bonds. The maximum absolute atomic E-state index is 12.8. The lowest BCUT2D eigenvalue weighted by atomic mass is 9.83. The Kier molecular flexibility index (Phi) is 6.90. The molecule has 1 unspecified atom stereocenters. The topological polar surface area (TPSA) is 95.6 Å². The van der Waals surface area contributed by atoms with Crippen LogP contribution in [0.3, 0.4) is 0 Å². The number of carbonyl (C=O) groups is 4. The molecule has 2 N–H and O–H groups in total. The fourth-order valence-corrected chi connectivity index (χ4v) is 2.59. The Morgan fingerprint density at radius 3 is 2.04 bits per heavy atom. The van der Waals surface area contributed by atoms with Gasteiger partial charge in [0.1, 0.15) is 6.04 Å². The first-order valence-electron chi connectivity index (χ1n) is 8.68. The van der Waals surface area contributed by atoms with Gasteiger partial charge in [-0.05, 0) is 41.0 Å². The second kappa shape index (κ2) is 8.27. The monoisotopic (exact) mass is 351 g/mol. The summed E-state index contributed by atoms with van der Waals surface area (Å²) < 4.78 is 0. The summed E-state index contributed by atoms with van der Waals surface area (Å²) in [5.74, 6) is -1.46. The summed E-state index contributed by atoms with van der Waals surface area (Å²) in [5.41, 5.74) is -1.04. The first kappa shape index (κ1) is 20.9. The summed E-state index contributed by atoms with van der Waals surface area (Å²) in [6.07, 6.45) is 3.64. The molecule has 1 rings (SSSR count). The molecule has 1 aliphatic rings. The molecule has 0 aliphatic carbocycles. The molecule has 1 aliphatic heterocycles. The smallest absolute Gasteiger partial charge is 0.253 e. The van der Waals surface area contributed by atoms with E-state index in [1.165, 1.54) is 12.2 Å². The van der Waals surface area contributed by atoms with E-state index in [-0.39, 0.29) is 17.9 Å². The van der Waals surface area contributed by atoms with Crippen LogP contribution in [0.1, 0.15) is 54.4 Å². The number of imide groups is 1. The molecule has 2 atom stereocenters. The van der Waals surface area contributed by atoms with Crippen molar-refractivity contribution in [3.05, 3.63) is 12.2 Å². The van der Waals surface area contributed by atoms with E-state index in [1.54, 1.807) is 20.8 Å². The Hall–Kier alpha value is -2.18. The third kappa shape index (κ3) is 4.90. The number of nitrogens with one attached hydrogen (secondary N) is 2. The molecule has 0 aromatic rings. The van der Waals surface area contributed by atoms with Crippen LogP contribution in [0, 0.1) is 5.41 Å². The van der Waals surface area contributed by atoms with Gasteiger partial charge in [-0.2, -0.15) is 0 Å². The number of carbonyl (C=O) groups excluding carboxylic acids is 4. The summed E-state index contributed by atoms with van der Waals surface area (Å²) in [4.78, 5) is 49.9. The Bertz CT molecular complexity index is 563. The van der Waals surface area contributed by atoms with E-state index in [4.69, 9.17) is 0 Å². The summed E-state index contributed by atoms with van der Waals surface area (Å²) in [6.45, 7) is 10.6. The highest BCUT2D eigenvalue weighted by Crippen LogP contribution is 2.28. The Labute approximate surface area is 149 Å². The lowest BCUT2D eigenvalue weighted by Crippen LogP contribution is -2.57. The van der Waals surface area contributed by atoms with Gasteiger partial charge >= 0.3 is 0 Å². The largest absolute Gasteiger partial charge is 0.352 e. The second-order valence-corrected chi connectivity index (χ2v) is 7.26. The van der Waals surface area contributed by atoms with E-state index in [1.807, 2.05) is 20.8 Å². The average Bonchev–Trinajstić information content (AvgIpc) is 2.84. The van der Waals surface area contributed by atoms with Crippen LogP contribution >= 0.6 is 0 Å². The maximum atomic E-state index is 12.8. The van der Waals surface area contributed by atoms with Crippen LogP contribution in [-0.4, -0.2) is 46.7 Å². The van der Waals surface area contributed by atoms with Gasteiger partial charge in [0.15, 0.2) is 0 Å². The zero-order chi connectivity index (χ0) is 19.4. The first-order valence-corrected chi connectivity index (χ1v) is 8.68. The van der Waals surface area contributed by atoms with Crippen molar-refractivity contribution in [1.82, 2.24) is 15.5 Å². The Morgan fingerprint density at radius 2 is 1.60 bits per heavy atom. The Morgan fingerprint density at radius 1 is 1.08 bits per heavy atom. The minimum absolute atomic E-state index is 0.0263. The maximum Gasteiger partial charge on any atom is 0.253 e. The van der Waals surface area contributed by atoms with Gasteiger partial charge in [0.25, 0.3) is 11.8 Å². The number of nitrogens with zero attached hydrogens (tertiary/aromatic N) is 1. The van der Waals surface area contributed by atoms with E-state index in [2.05, 4.69) is 10.6 Å². The third-order valence-corrected chi connectivity index (χ3v) is 4.49. The van der Waals surface area contributed by atoms with Crippen LogP contribution in [0.5, 0.6) is 0 Å². The molecule has 25 heavy (non-hydrogen) atoms. The third-order valence-electron chi connectivity index (χ3n) is 4.49. The molecule has 1 heterocycles. The van der Waals surface area contributed by atoms with Crippen molar-refractivity contribution in [2.45, 2.75) is 72.5 Å². The number of hydrogen-bond donors (Lipinski definition) is 2. The quantitative estimate of drug-likeness (QED) is 0.641. The van der Waals surface area contributed by atoms with Crippen molar-refractivity contribution in [1.29, 1.82) is 0 Å². The Balaban J connectivity index is 2.88.